The maximum atomic E-state index is 13.1. The zero-order valence-electron chi connectivity index (χ0n) is 14.7. The largest absolute Gasteiger partial charge is 0.332 e. The number of carbonyl (C=O) groups excluding carboxylic acids is 1. The summed E-state index contributed by atoms with van der Waals surface area (Å²) in [5.41, 5.74) is 1.09. The van der Waals surface area contributed by atoms with E-state index >= 15 is 0 Å². The second kappa shape index (κ2) is 8.73. The summed E-state index contributed by atoms with van der Waals surface area (Å²) in [5.74, 6) is -0.536. The number of rotatable bonds is 7. The molecule has 140 valence electrons. The summed E-state index contributed by atoms with van der Waals surface area (Å²) in [6.07, 6.45) is 2.55. The Kier molecular flexibility index (Phi) is 6.13. The summed E-state index contributed by atoms with van der Waals surface area (Å²) in [6.45, 7) is 0.504. The molecule has 27 heavy (non-hydrogen) atoms. The Morgan fingerprint density at radius 2 is 1.93 bits per heavy atom. The Labute approximate surface area is 160 Å². The predicted octanol–water partition coefficient (Wildman–Crippen LogP) is 4.40. The van der Waals surface area contributed by atoms with Crippen LogP contribution in [0.1, 0.15) is 25.7 Å². The molecule has 0 spiro atoms. The minimum atomic E-state index is -0.384. The monoisotopic (exact) mass is 385 g/mol. The van der Waals surface area contributed by atoms with Gasteiger partial charge < -0.3 is 10.3 Å². The van der Waals surface area contributed by atoms with Gasteiger partial charge in [-0.15, -0.1) is 0 Å². The summed E-state index contributed by atoms with van der Waals surface area (Å²) >= 11 is 5.28. The van der Waals surface area contributed by atoms with E-state index in [0.29, 0.717) is 35.2 Å². The molecule has 0 aliphatic heterocycles. The molecule has 0 atom stereocenters. The number of hydrogen-bond acceptors (Lipinski definition) is 3. The third-order valence-electron chi connectivity index (χ3n) is 4.28. The lowest BCUT2D eigenvalue weighted by Gasteiger charge is -2.08. The molecular weight excluding hydrogens is 365 g/mol. The van der Waals surface area contributed by atoms with Crippen molar-refractivity contribution >= 4 is 34.7 Å². The van der Waals surface area contributed by atoms with Gasteiger partial charge in [-0.3, -0.25) is 14.2 Å². The Balaban J connectivity index is 1.49. The molecule has 3 aromatic rings. The third kappa shape index (κ3) is 4.89. The van der Waals surface area contributed by atoms with Crippen molar-refractivity contribution in [1.82, 2.24) is 9.55 Å². The number of aromatic nitrogens is 2. The quantitative estimate of drug-likeness (QED) is 0.468. The van der Waals surface area contributed by atoms with Crippen molar-refractivity contribution in [3.63, 3.8) is 0 Å². The molecule has 1 aromatic heterocycles. The average Bonchev–Trinajstić information content (AvgIpc) is 2.64. The smallest absolute Gasteiger partial charge is 0.262 e. The van der Waals surface area contributed by atoms with Gasteiger partial charge in [-0.05, 0) is 55.4 Å². The van der Waals surface area contributed by atoms with E-state index in [0.717, 1.165) is 18.4 Å². The van der Waals surface area contributed by atoms with E-state index in [1.807, 2.05) is 18.2 Å². The van der Waals surface area contributed by atoms with Gasteiger partial charge >= 0.3 is 0 Å². The van der Waals surface area contributed by atoms with Gasteiger partial charge in [0.15, 0.2) is 4.77 Å². The molecule has 0 unspecified atom stereocenters. The van der Waals surface area contributed by atoms with Crippen molar-refractivity contribution in [3.05, 3.63) is 69.5 Å². The van der Waals surface area contributed by atoms with E-state index in [1.54, 1.807) is 22.8 Å². The van der Waals surface area contributed by atoms with E-state index in [9.17, 15) is 14.0 Å². The van der Waals surface area contributed by atoms with Crippen molar-refractivity contribution in [2.24, 2.45) is 0 Å². The second-order valence-corrected chi connectivity index (χ2v) is 6.69. The number of nitrogens with zero attached hydrogens (tertiary/aromatic N) is 1. The molecular formula is C20H20FN3O2S. The Hall–Kier alpha value is -2.80. The van der Waals surface area contributed by atoms with Gasteiger partial charge in [-0.25, -0.2) is 4.39 Å². The van der Waals surface area contributed by atoms with Gasteiger partial charge in [0.05, 0.1) is 10.9 Å². The number of para-hydroxylation sites is 1. The summed E-state index contributed by atoms with van der Waals surface area (Å²) in [5, 5.41) is 3.29. The summed E-state index contributed by atoms with van der Waals surface area (Å²) in [6, 6.07) is 13.1. The van der Waals surface area contributed by atoms with Crippen LogP contribution in [0.25, 0.3) is 10.9 Å². The Morgan fingerprint density at radius 1 is 1.11 bits per heavy atom. The maximum Gasteiger partial charge on any atom is 0.262 e. The number of unbranched alkanes of at least 4 members (excludes halogenated alkanes) is 2. The Morgan fingerprint density at radius 3 is 2.74 bits per heavy atom. The lowest BCUT2D eigenvalue weighted by atomic mass is 10.2. The van der Waals surface area contributed by atoms with E-state index in [1.165, 1.54) is 12.1 Å². The zero-order valence-corrected chi connectivity index (χ0v) is 15.5. The van der Waals surface area contributed by atoms with Crippen LogP contribution in [-0.2, 0) is 11.3 Å². The topological polar surface area (TPSA) is 66.9 Å². The molecule has 7 heteroatoms. The number of fused-ring (bicyclic) bond motifs is 1. The first kappa shape index (κ1) is 19.0. The van der Waals surface area contributed by atoms with Crippen LogP contribution in [0.3, 0.4) is 0 Å². The van der Waals surface area contributed by atoms with Crippen molar-refractivity contribution in [2.45, 2.75) is 32.2 Å². The summed E-state index contributed by atoms with van der Waals surface area (Å²) in [4.78, 5) is 27.5. The highest BCUT2D eigenvalue weighted by molar-refractivity contribution is 7.71. The van der Waals surface area contributed by atoms with E-state index < -0.39 is 0 Å². The number of halogens is 1. The van der Waals surface area contributed by atoms with Gasteiger partial charge in [0.25, 0.3) is 5.56 Å². The van der Waals surface area contributed by atoms with Crippen LogP contribution >= 0.6 is 12.2 Å². The van der Waals surface area contributed by atoms with Gasteiger partial charge in [0.1, 0.15) is 5.82 Å². The van der Waals surface area contributed by atoms with Gasteiger partial charge in [-0.1, -0.05) is 24.6 Å². The normalized spacial score (nSPS) is 10.9. The molecule has 5 nitrogen and oxygen atoms in total. The predicted molar refractivity (Wildman–Crippen MR) is 107 cm³/mol. The Bertz CT molecular complexity index is 1070. The number of benzene rings is 2. The van der Waals surface area contributed by atoms with Crippen molar-refractivity contribution in [2.75, 3.05) is 5.32 Å². The zero-order chi connectivity index (χ0) is 19.2. The van der Waals surface area contributed by atoms with Gasteiger partial charge in [0.2, 0.25) is 5.91 Å². The number of anilines is 1. The highest BCUT2D eigenvalue weighted by atomic mass is 32.1. The molecule has 0 bridgehead atoms. The number of carbonyl (C=O) groups is 1. The minimum Gasteiger partial charge on any atom is -0.332 e. The van der Waals surface area contributed by atoms with E-state index in [2.05, 4.69) is 10.3 Å². The molecule has 1 heterocycles. The summed E-state index contributed by atoms with van der Waals surface area (Å²) in [7, 11) is 0. The van der Waals surface area contributed by atoms with Crippen LogP contribution in [0.2, 0.25) is 0 Å². The fourth-order valence-electron chi connectivity index (χ4n) is 2.92. The fourth-order valence-corrected chi connectivity index (χ4v) is 3.21. The fraction of sp³-hybridized carbons (Fsp3) is 0.250. The molecule has 2 N–H and O–H groups in total. The van der Waals surface area contributed by atoms with Crippen LogP contribution in [0.15, 0.2) is 53.3 Å². The van der Waals surface area contributed by atoms with Crippen LogP contribution in [0.4, 0.5) is 10.1 Å². The molecule has 2 aromatic carbocycles. The minimum absolute atomic E-state index is 0.0989. The standard InChI is InChI=1S/C20H20FN3O2S/c21-14-7-6-8-15(13-14)22-18(25)11-2-1-5-12-24-19(26)16-9-3-4-10-17(16)23-20(24)27/h3-4,6-10,13H,1-2,5,11-12H2,(H,22,25)(H,23,27). The van der Waals surface area contributed by atoms with Crippen LogP contribution < -0.4 is 10.9 Å². The average molecular weight is 385 g/mol. The maximum absolute atomic E-state index is 13.1. The summed E-state index contributed by atoms with van der Waals surface area (Å²) < 4.78 is 15.1. The van der Waals surface area contributed by atoms with Gasteiger partial charge in [-0.2, -0.15) is 0 Å². The van der Waals surface area contributed by atoms with Gasteiger partial charge in [0, 0.05) is 18.7 Å². The number of amides is 1. The lowest BCUT2D eigenvalue weighted by Crippen LogP contribution is -2.22. The van der Waals surface area contributed by atoms with E-state index in [-0.39, 0.29) is 17.3 Å². The van der Waals surface area contributed by atoms with Crippen molar-refractivity contribution < 1.29 is 9.18 Å². The van der Waals surface area contributed by atoms with Crippen LogP contribution in [-0.4, -0.2) is 15.5 Å². The molecule has 3 rings (SSSR count). The van der Waals surface area contributed by atoms with E-state index in [4.69, 9.17) is 12.2 Å². The molecule has 0 saturated carbocycles. The number of hydrogen-bond donors (Lipinski definition) is 2. The first-order chi connectivity index (χ1) is 13.0. The molecule has 0 radical (unpaired) electrons. The van der Waals surface area contributed by atoms with Crippen LogP contribution in [0, 0.1) is 10.6 Å². The van der Waals surface area contributed by atoms with Crippen molar-refractivity contribution in [3.8, 4) is 0 Å². The van der Waals surface area contributed by atoms with Crippen LogP contribution in [0.5, 0.6) is 0 Å². The lowest BCUT2D eigenvalue weighted by molar-refractivity contribution is -0.116. The first-order valence-corrected chi connectivity index (χ1v) is 9.23. The number of nitrogens with one attached hydrogen (secondary N) is 2. The highest BCUT2D eigenvalue weighted by Gasteiger charge is 2.06. The second-order valence-electron chi connectivity index (χ2n) is 6.30. The first-order valence-electron chi connectivity index (χ1n) is 8.82. The highest BCUT2D eigenvalue weighted by Crippen LogP contribution is 2.11. The SMILES string of the molecule is O=C(CCCCCn1c(=S)[nH]c2ccccc2c1=O)Nc1cccc(F)c1. The molecule has 0 saturated heterocycles. The molecule has 1 amide bonds. The number of H-pyrrole nitrogens is 1. The third-order valence-corrected chi connectivity index (χ3v) is 4.61. The number of aromatic amines is 1. The molecule has 0 aliphatic rings. The molecule has 0 aliphatic carbocycles. The molecule has 0 fully saturated rings. The van der Waals surface area contributed by atoms with Crippen molar-refractivity contribution in [1.29, 1.82) is 0 Å².